The van der Waals surface area contributed by atoms with Crippen molar-refractivity contribution in [2.75, 3.05) is 7.11 Å². The highest BCUT2D eigenvalue weighted by Gasteiger charge is 2.33. The molecule has 192 valence electrons. The van der Waals surface area contributed by atoms with Crippen LogP contribution >= 0.6 is 11.3 Å². The Hall–Kier alpha value is -4.30. The van der Waals surface area contributed by atoms with Crippen molar-refractivity contribution >= 4 is 23.4 Å². The van der Waals surface area contributed by atoms with E-state index in [2.05, 4.69) is 4.99 Å². The van der Waals surface area contributed by atoms with Gasteiger partial charge in [0, 0.05) is 0 Å². The van der Waals surface area contributed by atoms with Gasteiger partial charge in [-0.25, -0.2) is 14.2 Å². The molecule has 0 bridgehead atoms. The van der Waals surface area contributed by atoms with Gasteiger partial charge < -0.3 is 9.47 Å². The minimum Gasteiger partial charge on any atom is -0.489 e. The Kier molecular flexibility index (Phi) is 7.33. The molecule has 0 aliphatic carbocycles. The van der Waals surface area contributed by atoms with Crippen molar-refractivity contribution in [1.82, 2.24) is 4.57 Å². The van der Waals surface area contributed by atoms with E-state index in [-0.39, 0.29) is 11.4 Å². The summed E-state index contributed by atoms with van der Waals surface area (Å²) in [6, 6.07) is 22.4. The molecule has 0 saturated carbocycles. The quantitative estimate of drug-likeness (QED) is 0.331. The Bertz CT molecular complexity index is 1670. The third-order valence-electron chi connectivity index (χ3n) is 6.26. The van der Waals surface area contributed by atoms with Crippen LogP contribution in [0.15, 0.2) is 99.9 Å². The van der Waals surface area contributed by atoms with Crippen LogP contribution in [0, 0.1) is 5.82 Å². The molecule has 8 heteroatoms. The Balaban J connectivity index is 1.50. The van der Waals surface area contributed by atoms with Crippen molar-refractivity contribution < 1.29 is 18.7 Å². The molecule has 3 aromatic carbocycles. The average molecular weight is 529 g/mol. The van der Waals surface area contributed by atoms with E-state index < -0.39 is 12.0 Å². The maximum atomic E-state index is 13.7. The molecule has 1 atom stereocenters. The Morgan fingerprint density at radius 1 is 1.05 bits per heavy atom. The van der Waals surface area contributed by atoms with E-state index in [1.165, 1.54) is 30.6 Å². The van der Waals surface area contributed by atoms with Gasteiger partial charge >= 0.3 is 5.97 Å². The summed E-state index contributed by atoms with van der Waals surface area (Å²) >= 11 is 1.29. The van der Waals surface area contributed by atoms with Gasteiger partial charge in [0.1, 0.15) is 18.2 Å². The fourth-order valence-electron chi connectivity index (χ4n) is 4.37. The van der Waals surface area contributed by atoms with Gasteiger partial charge in [0.25, 0.3) is 5.56 Å². The van der Waals surface area contributed by atoms with Gasteiger partial charge in [0.2, 0.25) is 0 Å². The maximum Gasteiger partial charge on any atom is 0.338 e. The first kappa shape index (κ1) is 25.4. The first-order chi connectivity index (χ1) is 18.5. The summed E-state index contributed by atoms with van der Waals surface area (Å²) in [5.41, 5.74) is 3.26. The van der Waals surface area contributed by atoms with Crippen molar-refractivity contribution in [2.24, 2.45) is 4.99 Å². The zero-order valence-electron chi connectivity index (χ0n) is 20.9. The zero-order valence-corrected chi connectivity index (χ0v) is 21.7. The maximum absolute atomic E-state index is 13.7. The smallest absolute Gasteiger partial charge is 0.338 e. The fraction of sp³-hybridized carbons (Fsp3) is 0.167. The number of esters is 1. The van der Waals surface area contributed by atoms with E-state index in [4.69, 9.17) is 9.47 Å². The van der Waals surface area contributed by atoms with Crippen LogP contribution in [-0.2, 0) is 16.1 Å². The molecule has 0 spiro atoms. The Morgan fingerprint density at radius 2 is 1.76 bits per heavy atom. The summed E-state index contributed by atoms with van der Waals surface area (Å²) in [5, 5.41) is 0. The van der Waals surface area contributed by atoms with Crippen LogP contribution in [0.25, 0.3) is 6.08 Å². The summed E-state index contributed by atoms with van der Waals surface area (Å²) in [6.45, 7) is 2.25. The van der Waals surface area contributed by atoms with Gasteiger partial charge in [-0.2, -0.15) is 0 Å². The number of aromatic nitrogens is 1. The number of thiazole rings is 1. The van der Waals surface area contributed by atoms with Crippen LogP contribution in [-0.4, -0.2) is 17.6 Å². The van der Waals surface area contributed by atoms with Gasteiger partial charge in [0.15, 0.2) is 4.80 Å². The van der Waals surface area contributed by atoms with Crippen LogP contribution in [0.3, 0.4) is 0 Å². The molecule has 5 rings (SSSR count). The monoisotopic (exact) mass is 528 g/mol. The highest BCUT2D eigenvalue weighted by atomic mass is 32.1. The Morgan fingerprint density at radius 3 is 2.42 bits per heavy atom. The molecule has 1 aromatic heterocycles. The minimum atomic E-state index is -0.626. The molecule has 1 aliphatic rings. The molecule has 6 nitrogen and oxygen atoms in total. The summed E-state index contributed by atoms with van der Waals surface area (Å²) in [7, 11) is 1.34. The van der Waals surface area contributed by atoms with Gasteiger partial charge in [0.05, 0.1) is 29.0 Å². The van der Waals surface area contributed by atoms with Gasteiger partial charge in [-0.1, -0.05) is 72.9 Å². The standard InChI is InChI=1S/C30H25FN2O4S/c1-3-24-26(29(35)36-2)27(21-7-5-4-6-8-21)33-28(34)25(38-30(33)32-24)17-19-11-15-23(16-12-19)37-18-20-9-13-22(31)14-10-20/h4-17,27H,3,18H2,1-2H3/b25-17-/t27-/m1/s1. The van der Waals surface area contributed by atoms with E-state index in [0.29, 0.717) is 39.4 Å². The highest BCUT2D eigenvalue weighted by Crippen LogP contribution is 2.31. The molecule has 0 amide bonds. The second-order valence-electron chi connectivity index (χ2n) is 8.68. The predicted molar refractivity (Wildman–Crippen MR) is 144 cm³/mol. The fourth-order valence-corrected chi connectivity index (χ4v) is 5.39. The van der Waals surface area contributed by atoms with Crippen LogP contribution in [0.2, 0.25) is 0 Å². The number of carbonyl (C=O) groups excluding carboxylic acids is 1. The minimum absolute atomic E-state index is 0.226. The summed E-state index contributed by atoms with van der Waals surface area (Å²) < 4.78 is 26.1. The summed E-state index contributed by atoms with van der Waals surface area (Å²) in [6.07, 6.45) is 2.33. The number of allylic oxidation sites excluding steroid dienone is 1. The van der Waals surface area contributed by atoms with Crippen molar-refractivity contribution in [2.45, 2.75) is 26.0 Å². The molecule has 0 saturated heterocycles. The molecular formula is C30H25FN2O4S. The topological polar surface area (TPSA) is 69.9 Å². The number of fused-ring (bicyclic) bond motifs is 1. The number of hydrogen-bond acceptors (Lipinski definition) is 6. The van der Waals surface area contributed by atoms with Gasteiger partial charge in [-0.15, -0.1) is 0 Å². The summed E-state index contributed by atoms with van der Waals surface area (Å²) in [4.78, 5) is 31.7. The first-order valence-electron chi connectivity index (χ1n) is 12.1. The van der Waals surface area contributed by atoms with Crippen molar-refractivity contribution in [3.63, 3.8) is 0 Å². The number of carbonyl (C=O) groups is 1. The number of ether oxygens (including phenoxy) is 2. The number of hydrogen-bond donors (Lipinski definition) is 0. The van der Waals surface area contributed by atoms with Crippen LogP contribution < -0.4 is 19.6 Å². The third-order valence-corrected chi connectivity index (χ3v) is 7.25. The summed E-state index contributed by atoms with van der Waals surface area (Å²) in [5.74, 6) is -0.122. The normalized spacial score (nSPS) is 15.1. The molecule has 1 aliphatic heterocycles. The number of halogens is 1. The molecule has 2 heterocycles. The lowest BCUT2D eigenvalue weighted by atomic mass is 9.95. The lowest BCUT2D eigenvalue weighted by molar-refractivity contribution is -0.136. The molecule has 38 heavy (non-hydrogen) atoms. The largest absolute Gasteiger partial charge is 0.489 e. The highest BCUT2D eigenvalue weighted by molar-refractivity contribution is 7.07. The number of nitrogens with zero attached hydrogens (tertiary/aromatic N) is 2. The van der Waals surface area contributed by atoms with Crippen molar-refractivity contribution in [1.29, 1.82) is 0 Å². The van der Waals surface area contributed by atoms with Gasteiger partial charge in [-0.05, 0) is 53.5 Å². The molecule has 0 radical (unpaired) electrons. The van der Waals surface area contributed by atoms with Crippen molar-refractivity contribution in [3.8, 4) is 5.75 Å². The lowest BCUT2D eigenvalue weighted by Gasteiger charge is -2.25. The predicted octanol–water partition coefficient (Wildman–Crippen LogP) is 4.52. The average Bonchev–Trinajstić information content (AvgIpc) is 3.26. The van der Waals surface area contributed by atoms with E-state index >= 15 is 0 Å². The van der Waals surface area contributed by atoms with Crippen molar-refractivity contribution in [3.05, 3.63) is 132 Å². The van der Waals surface area contributed by atoms with E-state index in [9.17, 15) is 14.0 Å². The molecule has 4 aromatic rings. The lowest BCUT2D eigenvalue weighted by Crippen LogP contribution is -2.40. The van der Waals surface area contributed by atoms with Crippen LogP contribution in [0.4, 0.5) is 4.39 Å². The molecule has 0 fully saturated rings. The molecule has 0 unspecified atom stereocenters. The SMILES string of the molecule is CCC1=C(C(=O)OC)[C@@H](c2ccccc2)n2c(s/c(=C\c3ccc(OCc4ccc(F)cc4)cc3)c2=O)=N1. The van der Waals surface area contributed by atoms with Crippen LogP contribution in [0.1, 0.15) is 36.1 Å². The number of methoxy groups -OCH3 is 1. The van der Waals surface area contributed by atoms with E-state index in [1.54, 1.807) is 16.7 Å². The number of rotatable bonds is 7. The second-order valence-corrected chi connectivity index (χ2v) is 9.69. The number of benzene rings is 3. The van der Waals surface area contributed by atoms with E-state index in [1.807, 2.05) is 67.6 Å². The van der Waals surface area contributed by atoms with E-state index in [0.717, 1.165) is 16.7 Å². The molecular weight excluding hydrogens is 503 g/mol. The van der Waals surface area contributed by atoms with Gasteiger partial charge in [-0.3, -0.25) is 9.36 Å². The second kappa shape index (κ2) is 11.0. The third kappa shape index (κ3) is 5.08. The Labute approximate surface area is 222 Å². The zero-order chi connectivity index (χ0) is 26.6. The first-order valence-corrected chi connectivity index (χ1v) is 13.0. The molecule has 0 N–H and O–H groups in total. The van der Waals surface area contributed by atoms with Crippen LogP contribution in [0.5, 0.6) is 5.75 Å².